The lowest BCUT2D eigenvalue weighted by Gasteiger charge is -2.14. The quantitative estimate of drug-likeness (QED) is 0.508. The molecule has 0 atom stereocenters. The molecule has 2 rings (SSSR count). The number of hydrogen-bond donors (Lipinski definition) is 4. The Balaban J connectivity index is 1.75. The van der Waals surface area contributed by atoms with Crippen LogP contribution in [0.3, 0.4) is 0 Å². The van der Waals surface area contributed by atoms with Crippen molar-refractivity contribution in [1.29, 1.82) is 0 Å². The fraction of sp³-hybridized carbons (Fsp3) is 0.222. The standard InChI is InChI=1S/C18H22N4OS/c1-12-5-8-15(9-6-12)19-11-17(23)21-22-18(24)20-16-10-13(2)4-7-14(16)3/h4-10,19H,11H2,1-3H3,(H,21,23)(H2,20,22,24). The van der Waals surface area contributed by atoms with Crippen molar-refractivity contribution in [2.75, 3.05) is 17.2 Å². The largest absolute Gasteiger partial charge is 0.376 e. The van der Waals surface area contributed by atoms with Crippen molar-refractivity contribution in [2.24, 2.45) is 0 Å². The van der Waals surface area contributed by atoms with Crippen LogP contribution in [0.1, 0.15) is 16.7 Å². The number of thiocarbonyl (C=S) groups is 1. The molecule has 2 aromatic carbocycles. The van der Waals surface area contributed by atoms with E-state index in [9.17, 15) is 4.79 Å². The van der Waals surface area contributed by atoms with Crippen molar-refractivity contribution in [2.45, 2.75) is 20.8 Å². The highest BCUT2D eigenvalue weighted by Gasteiger charge is 2.04. The first kappa shape index (κ1) is 17.7. The van der Waals surface area contributed by atoms with Crippen molar-refractivity contribution in [3.63, 3.8) is 0 Å². The van der Waals surface area contributed by atoms with Gasteiger partial charge in [0.25, 0.3) is 5.91 Å². The summed E-state index contributed by atoms with van der Waals surface area (Å²) in [6.07, 6.45) is 0. The molecule has 4 N–H and O–H groups in total. The van der Waals surface area contributed by atoms with E-state index >= 15 is 0 Å². The number of aryl methyl sites for hydroxylation is 3. The van der Waals surface area contributed by atoms with Gasteiger partial charge in [-0.2, -0.15) is 0 Å². The zero-order valence-corrected chi connectivity index (χ0v) is 14.9. The number of carbonyl (C=O) groups is 1. The van der Waals surface area contributed by atoms with Crippen LogP contribution in [0.15, 0.2) is 42.5 Å². The Bertz CT molecular complexity index is 728. The van der Waals surface area contributed by atoms with Gasteiger partial charge in [-0.3, -0.25) is 15.6 Å². The number of hydrazine groups is 1. The SMILES string of the molecule is Cc1ccc(NCC(=O)NNC(=S)Nc2cc(C)ccc2C)cc1. The molecule has 1 amide bonds. The van der Waals surface area contributed by atoms with Crippen LogP contribution in [0, 0.1) is 20.8 Å². The molecule has 0 aliphatic rings. The molecular weight excluding hydrogens is 320 g/mol. The number of anilines is 2. The topological polar surface area (TPSA) is 65.2 Å². The Morgan fingerprint density at radius 3 is 2.33 bits per heavy atom. The summed E-state index contributed by atoms with van der Waals surface area (Å²) >= 11 is 5.19. The lowest BCUT2D eigenvalue weighted by molar-refractivity contribution is -0.119. The number of carbonyl (C=O) groups excluding carboxylic acids is 1. The highest BCUT2D eigenvalue weighted by molar-refractivity contribution is 7.80. The van der Waals surface area contributed by atoms with Crippen LogP contribution in [0.5, 0.6) is 0 Å². The second-order valence-electron chi connectivity index (χ2n) is 5.67. The van der Waals surface area contributed by atoms with Gasteiger partial charge in [0.15, 0.2) is 5.11 Å². The van der Waals surface area contributed by atoms with Crippen LogP contribution in [-0.2, 0) is 4.79 Å². The first-order chi connectivity index (χ1) is 11.4. The average molecular weight is 342 g/mol. The number of hydrogen-bond acceptors (Lipinski definition) is 3. The van der Waals surface area contributed by atoms with E-state index in [2.05, 4.69) is 21.5 Å². The highest BCUT2D eigenvalue weighted by Crippen LogP contribution is 2.15. The lowest BCUT2D eigenvalue weighted by Crippen LogP contribution is -2.46. The van der Waals surface area contributed by atoms with E-state index in [1.807, 2.05) is 63.2 Å². The molecule has 2 aromatic rings. The molecule has 0 aliphatic carbocycles. The maximum atomic E-state index is 11.8. The van der Waals surface area contributed by atoms with Gasteiger partial charge in [-0.1, -0.05) is 29.8 Å². The number of benzene rings is 2. The summed E-state index contributed by atoms with van der Waals surface area (Å²) in [6, 6.07) is 13.9. The Morgan fingerprint density at radius 2 is 1.62 bits per heavy atom. The first-order valence-electron chi connectivity index (χ1n) is 7.67. The summed E-state index contributed by atoms with van der Waals surface area (Å²) in [6.45, 7) is 6.18. The molecule has 0 radical (unpaired) electrons. The van der Waals surface area contributed by atoms with Crippen molar-refractivity contribution in [1.82, 2.24) is 10.9 Å². The summed E-state index contributed by atoms with van der Waals surface area (Å²) < 4.78 is 0. The van der Waals surface area contributed by atoms with Crippen molar-refractivity contribution >= 4 is 34.6 Å². The normalized spacial score (nSPS) is 9.96. The number of rotatable bonds is 4. The van der Waals surface area contributed by atoms with E-state index in [0.29, 0.717) is 5.11 Å². The molecule has 0 saturated carbocycles. The van der Waals surface area contributed by atoms with E-state index in [4.69, 9.17) is 12.2 Å². The second kappa shape index (κ2) is 8.31. The molecule has 6 heteroatoms. The predicted molar refractivity (Wildman–Crippen MR) is 103 cm³/mol. The van der Waals surface area contributed by atoms with Gasteiger partial charge >= 0.3 is 0 Å². The van der Waals surface area contributed by atoms with E-state index in [1.54, 1.807) is 0 Å². The molecule has 0 saturated heterocycles. The van der Waals surface area contributed by atoms with Crippen molar-refractivity contribution < 1.29 is 4.79 Å². The third-order valence-electron chi connectivity index (χ3n) is 3.46. The molecule has 0 fully saturated rings. The number of nitrogens with one attached hydrogen (secondary N) is 4. The zero-order valence-electron chi connectivity index (χ0n) is 14.1. The Hall–Kier alpha value is -2.60. The van der Waals surface area contributed by atoms with Crippen LogP contribution >= 0.6 is 12.2 Å². The van der Waals surface area contributed by atoms with Crippen molar-refractivity contribution in [3.05, 3.63) is 59.2 Å². The van der Waals surface area contributed by atoms with E-state index in [1.165, 1.54) is 5.56 Å². The Labute approximate surface area is 147 Å². The molecule has 0 heterocycles. The van der Waals surface area contributed by atoms with Crippen LogP contribution in [0.25, 0.3) is 0 Å². The Morgan fingerprint density at radius 1 is 0.958 bits per heavy atom. The molecule has 0 spiro atoms. The molecule has 0 unspecified atom stereocenters. The van der Waals surface area contributed by atoms with Gasteiger partial charge in [-0.25, -0.2) is 0 Å². The molecule has 0 bridgehead atoms. The minimum atomic E-state index is -0.208. The smallest absolute Gasteiger partial charge is 0.257 e. The highest BCUT2D eigenvalue weighted by atomic mass is 32.1. The third-order valence-corrected chi connectivity index (χ3v) is 3.67. The molecule has 0 aromatic heterocycles. The predicted octanol–water partition coefficient (Wildman–Crippen LogP) is 3.04. The second-order valence-corrected chi connectivity index (χ2v) is 6.07. The summed E-state index contributed by atoms with van der Waals surface area (Å²) in [5, 5.41) is 6.46. The summed E-state index contributed by atoms with van der Waals surface area (Å²) in [7, 11) is 0. The van der Waals surface area contributed by atoms with Crippen molar-refractivity contribution in [3.8, 4) is 0 Å². The van der Waals surface area contributed by atoms with Crippen LogP contribution in [0.2, 0.25) is 0 Å². The van der Waals surface area contributed by atoms with Gasteiger partial charge in [0.1, 0.15) is 0 Å². The fourth-order valence-corrected chi connectivity index (χ4v) is 2.21. The molecule has 5 nitrogen and oxygen atoms in total. The molecule has 24 heavy (non-hydrogen) atoms. The number of amides is 1. The monoisotopic (exact) mass is 342 g/mol. The van der Waals surface area contributed by atoms with Gasteiger partial charge in [-0.05, 0) is 62.3 Å². The van der Waals surface area contributed by atoms with E-state index in [-0.39, 0.29) is 12.5 Å². The molecular formula is C18H22N4OS. The summed E-state index contributed by atoms with van der Waals surface area (Å²) in [4.78, 5) is 11.8. The van der Waals surface area contributed by atoms with E-state index < -0.39 is 0 Å². The fourth-order valence-electron chi connectivity index (χ4n) is 2.05. The van der Waals surface area contributed by atoms with Gasteiger partial charge in [-0.15, -0.1) is 0 Å². The van der Waals surface area contributed by atoms with Gasteiger partial charge in [0.05, 0.1) is 6.54 Å². The minimum Gasteiger partial charge on any atom is -0.376 e. The van der Waals surface area contributed by atoms with Crippen LogP contribution < -0.4 is 21.5 Å². The minimum absolute atomic E-state index is 0.155. The summed E-state index contributed by atoms with van der Waals surface area (Å²) in [5.74, 6) is -0.208. The zero-order chi connectivity index (χ0) is 17.5. The summed E-state index contributed by atoms with van der Waals surface area (Å²) in [5.41, 5.74) is 10.5. The third kappa shape index (κ3) is 5.55. The van der Waals surface area contributed by atoms with Gasteiger partial charge in [0, 0.05) is 11.4 Å². The lowest BCUT2D eigenvalue weighted by atomic mass is 10.1. The van der Waals surface area contributed by atoms with Gasteiger partial charge < -0.3 is 10.6 Å². The first-order valence-corrected chi connectivity index (χ1v) is 8.08. The molecule has 126 valence electrons. The Kier molecular flexibility index (Phi) is 6.14. The molecule has 0 aliphatic heterocycles. The maximum Gasteiger partial charge on any atom is 0.257 e. The van der Waals surface area contributed by atoms with Crippen LogP contribution in [-0.4, -0.2) is 17.6 Å². The maximum absolute atomic E-state index is 11.8. The van der Waals surface area contributed by atoms with Gasteiger partial charge in [0.2, 0.25) is 0 Å². The van der Waals surface area contributed by atoms with E-state index in [0.717, 1.165) is 22.5 Å². The average Bonchev–Trinajstić information content (AvgIpc) is 2.56. The van der Waals surface area contributed by atoms with Crippen LogP contribution in [0.4, 0.5) is 11.4 Å².